The molecule has 0 saturated carbocycles. The van der Waals surface area contributed by atoms with E-state index in [-0.39, 0.29) is 12.5 Å². The molecule has 9 heteroatoms. The fraction of sp³-hybridized carbons (Fsp3) is 0.381. The van der Waals surface area contributed by atoms with Gasteiger partial charge in [-0.1, -0.05) is 12.1 Å². The number of anilines is 1. The zero-order chi connectivity index (χ0) is 21.1. The van der Waals surface area contributed by atoms with Gasteiger partial charge in [0.15, 0.2) is 5.82 Å². The summed E-state index contributed by atoms with van der Waals surface area (Å²) in [5.41, 5.74) is 2.87. The van der Waals surface area contributed by atoms with Crippen molar-refractivity contribution in [3.8, 4) is 5.88 Å². The van der Waals surface area contributed by atoms with Crippen molar-refractivity contribution in [1.29, 1.82) is 0 Å². The van der Waals surface area contributed by atoms with E-state index in [0.29, 0.717) is 21.2 Å². The second-order valence-electron chi connectivity index (χ2n) is 6.83. The summed E-state index contributed by atoms with van der Waals surface area (Å²) in [6, 6.07) is 8.14. The fourth-order valence-corrected chi connectivity index (χ4v) is 7.29. The Morgan fingerprint density at radius 2 is 2.03 bits per heavy atom. The van der Waals surface area contributed by atoms with Crippen molar-refractivity contribution in [2.75, 3.05) is 31.0 Å². The molecule has 1 amide bonds. The van der Waals surface area contributed by atoms with Crippen molar-refractivity contribution in [2.45, 2.75) is 24.5 Å². The van der Waals surface area contributed by atoms with Crippen LogP contribution in [0.2, 0.25) is 0 Å². The van der Waals surface area contributed by atoms with Crippen LogP contribution in [0.5, 0.6) is 5.88 Å². The predicted molar refractivity (Wildman–Crippen MR) is 126 cm³/mol. The summed E-state index contributed by atoms with van der Waals surface area (Å²) in [5.74, 6) is 3.22. The van der Waals surface area contributed by atoms with Crippen LogP contribution in [-0.2, 0) is 11.3 Å². The van der Waals surface area contributed by atoms with Crippen LogP contribution in [0.15, 0.2) is 24.3 Å². The van der Waals surface area contributed by atoms with Crippen molar-refractivity contribution >= 4 is 56.7 Å². The average molecular weight is 462 g/mol. The molecule has 1 aliphatic rings. The highest BCUT2D eigenvalue weighted by Gasteiger charge is 2.22. The molecule has 0 unspecified atom stereocenters. The van der Waals surface area contributed by atoms with E-state index >= 15 is 0 Å². The number of fused-ring (bicyclic) bond motifs is 1. The van der Waals surface area contributed by atoms with Crippen molar-refractivity contribution < 1.29 is 14.3 Å². The first-order valence-electron chi connectivity index (χ1n) is 9.58. The summed E-state index contributed by atoms with van der Waals surface area (Å²) in [4.78, 5) is 23.3. The Hall–Kier alpha value is -1.81. The van der Waals surface area contributed by atoms with Gasteiger partial charge < -0.3 is 14.8 Å². The summed E-state index contributed by atoms with van der Waals surface area (Å²) in [6.07, 6.45) is 1.26. The summed E-state index contributed by atoms with van der Waals surface area (Å²) in [7, 11) is 3.17. The van der Waals surface area contributed by atoms with Gasteiger partial charge in [-0.15, -0.1) is 34.9 Å². The number of amides is 1. The molecule has 158 valence electrons. The Bertz CT molecular complexity index is 1060. The number of rotatable bonds is 6. The molecule has 3 heterocycles. The number of hydrogen-bond acceptors (Lipinski definition) is 8. The molecule has 30 heavy (non-hydrogen) atoms. The number of ether oxygens (including phenoxy) is 2. The SMILES string of the molecule is COCc1nc(OC)c2c(C)c(C(=O)Nc3cccc(C4SCCCS4)c3)sc2n1. The van der Waals surface area contributed by atoms with Gasteiger partial charge in [-0.3, -0.25) is 4.79 Å². The molecule has 1 fully saturated rings. The van der Waals surface area contributed by atoms with E-state index in [1.165, 1.54) is 34.8 Å². The number of hydrogen-bond donors (Lipinski definition) is 1. The monoisotopic (exact) mass is 461 g/mol. The second-order valence-corrected chi connectivity index (χ2v) is 10.5. The second kappa shape index (κ2) is 9.55. The Morgan fingerprint density at radius 1 is 1.23 bits per heavy atom. The molecular weight excluding hydrogens is 438 g/mol. The summed E-state index contributed by atoms with van der Waals surface area (Å²) >= 11 is 5.28. The maximum atomic E-state index is 13.1. The van der Waals surface area contributed by atoms with Crippen LogP contribution >= 0.6 is 34.9 Å². The minimum Gasteiger partial charge on any atom is -0.480 e. The van der Waals surface area contributed by atoms with Gasteiger partial charge in [-0.2, -0.15) is 4.98 Å². The number of thiophene rings is 1. The van der Waals surface area contributed by atoms with Crippen LogP contribution in [0.1, 0.15) is 37.6 Å². The standard InChI is InChI=1S/C21H23N3O3S3/c1-12-16-19(27-3)23-15(11-26-2)24-20(16)30-17(12)18(25)22-14-7-4-6-13(10-14)21-28-8-5-9-29-21/h4,6-7,10,21H,5,8-9,11H2,1-3H3,(H,22,25). The predicted octanol–water partition coefficient (Wildman–Crippen LogP) is 5.28. The topological polar surface area (TPSA) is 73.3 Å². The van der Waals surface area contributed by atoms with Crippen molar-refractivity contribution in [3.05, 3.63) is 46.1 Å². The lowest BCUT2D eigenvalue weighted by Crippen LogP contribution is -2.11. The number of methoxy groups -OCH3 is 2. The molecule has 6 nitrogen and oxygen atoms in total. The lowest BCUT2D eigenvalue weighted by atomic mass is 10.2. The van der Waals surface area contributed by atoms with Gasteiger partial charge in [-0.05, 0) is 48.1 Å². The van der Waals surface area contributed by atoms with E-state index in [4.69, 9.17) is 9.47 Å². The molecule has 2 aromatic heterocycles. The lowest BCUT2D eigenvalue weighted by Gasteiger charge is -2.21. The van der Waals surface area contributed by atoms with Gasteiger partial charge >= 0.3 is 0 Å². The first-order valence-corrected chi connectivity index (χ1v) is 12.5. The number of carbonyl (C=O) groups is 1. The molecule has 3 aromatic rings. The minimum atomic E-state index is -0.146. The average Bonchev–Trinajstić information content (AvgIpc) is 3.11. The minimum absolute atomic E-state index is 0.146. The molecule has 0 radical (unpaired) electrons. The van der Waals surface area contributed by atoms with E-state index in [0.717, 1.165) is 21.5 Å². The highest BCUT2D eigenvalue weighted by atomic mass is 32.2. The van der Waals surface area contributed by atoms with Crippen LogP contribution in [0.25, 0.3) is 10.2 Å². The highest BCUT2D eigenvalue weighted by Crippen LogP contribution is 2.44. The number of thioether (sulfide) groups is 2. The maximum absolute atomic E-state index is 13.1. The Kier molecular flexibility index (Phi) is 6.82. The lowest BCUT2D eigenvalue weighted by molar-refractivity contribution is 0.103. The molecule has 0 bridgehead atoms. The quantitative estimate of drug-likeness (QED) is 0.536. The van der Waals surface area contributed by atoms with Crippen LogP contribution in [-0.4, -0.2) is 41.6 Å². The van der Waals surface area contributed by atoms with Crippen LogP contribution in [0.4, 0.5) is 5.69 Å². The largest absolute Gasteiger partial charge is 0.480 e. The fourth-order valence-electron chi connectivity index (χ4n) is 3.33. The van der Waals surface area contributed by atoms with E-state index in [2.05, 4.69) is 27.4 Å². The highest BCUT2D eigenvalue weighted by molar-refractivity contribution is 8.16. The molecule has 1 N–H and O–H groups in total. The Balaban J connectivity index is 1.61. The number of benzene rings is 1. The van der Waals surface area contributed by atoms with Crippen LogP contribution in [0, 0.1) is 6.92 Å². The number of aromatic nitrogens is 2. The zero-order valence-corrected chi connectivity index (χ0v) is 19.5. The third-order valence-corrected chi connectivity index (χ3v) is 8.92. The first kappa shape index (κ1) is 21.4. The van der Waals surface area contributed by atoms with Gasteiger partial charge in [0.05, 0.1) is 22.0 Å². The van der Waals surface area contributed by atoms with E-state index in [9.17, 15) is 4.79 Å². The molecule has 0 aliphatic carbocycles. The first-order chi connectivity index (χ1) is 14.6. The van der Waals surface area contributed by atoms with Crippen molar-refractivity contribution in [2.24, 2.45) is 0 Å². The van der Waals surface area contributed by atoms with E-state index in [1.807, 2.05) is 42.6 Å². The third-order valence-electron chi connectivity index (χ3n) is 4.72. The molecule has 1 aliphatic heterocycles. The van der Waals surface area contributed by atoms with Gasteiger partial charge in [-0.25, -0.2) is 4.98 Å². The van der Waals surface area contributed by atoms with E-state index in [1.54, 1.807) is 14.2 Å². The van der Waals surface area contributed by atoms with Crippen molar-refractivity contribution in [1.82, 2.24) is 9.97 Å². The third kappa shape index (κ3) is 4.44. The van der Waals surface area contributed by atoms with Gasteiger partial charge in [0.1, 0.15) is 11.4 Å². The molecule has 1 aromatic carbocycles. The summed E-state index contributed by atoms with van der Waals surface area (Å²) in [5, 5.41) is 3.83. The summed E-state index contributed by atoms with van der Waals surface area (Å²) in [6.45, 7) is 2.19. The van der Waals surface area contributed by atoms with Crippen LogP contribution < -0.4 is 10.1 Å². The van der Waals surface area contributed by atoms with Gasteiger partial charge in [0, 0.05) is 12.8 Å². The molecule has 4 rings (SSSR count). The normalized spacial score (nSPS) is 14.8. The number of carbonyl (C=O) groups excluding carboxylic acids is 1. The zero-order valence-electron chi connectivity index (χ0n) is 17.1. The number of aryl methyl sites for hydroxylation is 1. The van der Waals surface area contributed by atoms with Gasteiger partial charge in [0.25, 0.3) is 5.91 Å². The Morgan fingerprint density at radius 3 is 2.77 bits per heavy atom. The molecule has 0 spiro atoms. The molecule has 0 atom stereocenters. The molecule has 1 saturated heterocycles. The smallest absolute Gasteiger partial charge is 0.266 e. The van der Waals surface area contributed by atoms with Gasteiger partial charge in [0.2, 0.25) is 5.88 Å². The van der Waals surface area contributed by atoms with Crippen LogP contribution in [0.3, 0.4) is 0 Å². The molecular formula is C21H23N3O3S3. The number of nitrogens with zero attached hydrogens (tertiary/aromatic N) is 2. The Labute approximate surface area is 188 Å². The number of nitrogens with one attached hydrogen (secondary N) is 1. The van der Waals surface area contributed by atoms with Crippen molar-refractivity contribution in [3.63, 3.8) is 0 Å². The van der Waals surface area contributed by atoms with E-state index < -0.39 is 0 Å². The maximum Gasteiger partial charge on any atom is 0.266 e. The summed E-state index contributed by atoms with van der Waals surface area (Å²) < 4.78 is 11.0.